The Kier molecular flexibility index (Phi) is 6.75. The minimum Gasteiger partial charge on any atom is -0.497 e. The molecule has 1 amide bonds. The molecule has 0 unspecified atom stereocenters. The van der Waals surface area contributed by atoms with Crippen LogP contribution >= 0.6 is 11.3 Å². The molecule has 144 valence electrons. The number of aryl methyl sites for hydroxylation is 2. The SMILES string of the molecule is COc1ccc(C=CC(=O)Nc2nnc(CCc3ccc(OC)cc3)s2)cc1. The number of nitrogens with zero attached hydrogens (tertiary/aromatic N) is 2. The van der Waals surface area contributed by atoms with Crippen LogP contribution < -0.4 is 14.8 Å². The summed E-state index contributed by atoms with van der Waals surface area (Å²) < 4.78 is 10.3. The first kappa shape index (κ1) is 19.6. The fourth-order valence-corrected chi connectivity index (χ4v) is 3.22. The summed E-state index contributed by atoms with van der Waals surface area (Å²) in [5, 5.41) is 12.3. The van der Waals surface area contributed by atoms with Crippen molar-refractivity contribution in [3.63, 3.8) is 0 Å². The van der Waals surface area contributed by atoms with Gasteiger partial charge >= 0.3 is 0 Å². The molecule has 28 heavy (non-hydrogen) atoms. The standard InChI is InChI=1S/C21H21N3O3S/c1-26-17-9-3-15(4-10-17)7-13-19(25)22-21-24-23-20(28-21)14-8-16-5-11-18(27-2)12-6-16/h3-7,9-13H,8,14H2,1-2H3,(H,22,24,25). The van der Waals surface area contributed by atoms with Gasteiger partial charge in [-0.15, -0.1) is 10.2 Å². The van der Waals surface area contributed by atoms with Crippen LogP contribution in [-0.2, 0) is 17.6 Å². The number of amides is 1. The Balaban J connectivity index is 1.50. The van der Waals surface area contributed by atoms with Crippen LogP contribution in [0.4, 0.5) is 5.13 Å². The molecule has 3 rings (SSSR count). The van der Waals surface area contributed by atoms with E-state index in [1.54, 1.807) is 20.3 Å². The quantitative estimate of drug-likeness (QED) is 0.584. The molecule has 7 heteroatoms. The van der Waals surface area contributed by atoms with Gasteiger partial charge in [-0.25, -0.2) is 0 Å². The average molecular weight is 395 g/mol. The number of rotatable bonds is 8. The molecule has 0 spiro atoms. The molecule has 0 aliphatic rings. The molecule has 1 aromatic heterocycles. The van der Waals surface area contributed by atoms with E-state index in [-0.39, 0.29) is 5.91 Å². The Hall–Kier alpha value is -3.19. The molecule has 0 saturated carbocycles. The third kappa shape index (κ3) is 5.65. The smallest absolute Gasteiger partial charge is 0.250 e. The van der Waals surface area contributed by atoms with Crippen molar-refractivity contribution in [1.82, 2.24) is 10.2 Å². The van der Waals surface area contributed by atoms with Crippen molar-refractivity contribution in [3.05, 3.63) is 70.7 Å². The molecule has 0 fully saturated rings. The number of hydrogen-bond acceptors (Lipinski definition) is 6. The number of benzene rings is 2. The normalized spacial score (nSPS) is 10.8. The van der Waals surface area contributed by atoms with Crippen molar-refractivity contribution < 1.29 is 14.3 Å². The van der Waals surface area contributed by atoms with E-state index in [0.717, 1.165) is 34.9 Å². The third-order valence-corrected chi connectivity index (χ3v) is 4.92. The molecule has 0 atom stereocenters. The molecule has 2 aromatic carbocycles. The molecule has 1 N–H and O–H groups in total. The first-order valence-corrected chi connectivity index (χ1v) is 9.56. The van der Waals surface area contributed by atoms with Crippen LogP contribution in [0.3, 0.4) is 0 Å². The molecule has 0 aliphatic heterocycles. The highest BCUT2D eigenvalue weighted by molar-refractivity contribution is 7.15. The number of carbonyl (C=O) groups is 1. The van der Waals surface area contributed by atoms with Gasteiger partial charge in [-0.2, -0.15) is 0 Å². The van der Waals surface area contributed by atoms with Crippen molar-refractivity contribution in [1.29, 1.82) is 0 Å². The van der Waals surface area contributed by atoms with Gasteiger partial charge in [0.05, 0.1) is 14.2 Å². The van der Waals surface area contributed by atoms with Gasteiger partial charge < -0.3 is 9.47 Å². The summed E-state index contributed by atoms with van der Waals surface area (Å²) in [7, 11) is 3.27. The van der Waals surface area contributed by atoms with E-state index in [1.165, 1.54) is 23.0 Å². The summed E-state index contributed by atoms with van der Waals surface area (Å²) in [5.41, 5.74) is 2.11. The molecule has 6 nitrogen and oxygen atoms in total. The van der Waals surface area contributed by atoms with Gasteiger partial charge in [-0.05, 0) is 47.9 Å². The van der Waals surface area contributed by atoms with Gasteiger partial charge in [0, 0.05) is 12.5 Å². The zero-order valence-electron chi connectivity index (χ0n) is 15.7. The topological polar surface area (TPSA) is 73.3 Å². The van der Waals surface area contributed by atoms with E-state index in [9.17, 15) is 4.79 Å². The van der Waals surface area contributed by atoms with E-state index in [2.05, 4.69) is 15.5 Å². The minimum absolute atomic E-state index is 0.242. The number of ether oxygens (including phenoxy) is 2. The monoisotopic (exact) mass is 395 g/mol. The van der Waals surface area contributed by atoms with Crippen LogP contribution in [0.1, 0.15) is 16.1 Å². The molecule has 3 aromatic rings. The van der Waals surface area contributed by atoms with Gasteiger partial charge in [0.25, 0.3) is 0 Å². The average Bonchev–Trinajstić information content (AvgIpc) is 3.18. The second-order valence-corrected chi connectivity index (χ2v) is 7.01. The summed E-state index contributed by atoms with van der Waals surface area (Å²) in [6.07, 6.45) is 4.83. The Bertz CT molecular complexity index is 934. The van der Waals surface area contributed by atoms with E-state index in [4.69, 9.17) is 9.47 Å². The Labute approximate surface area is 167 Å². The highest BCUT2D eigenvalue weighted by atomic mass is 32.1. The Morgan fingerprint density at radius 2 is 1.61 bits per heavy atom. The second kappa shape index (κ2) is 9.66. The lowest BCUT2D eigenvalue weighted by Gasteiger charge is -2.01. The molecule has 1 heterocycles. The van der Waals surface area contributed by atoms with Crippen molar-refractivity contribution in [3.8, 4) is 11.5 Å². The number of nitrogens with one attached hydrogen (secondary N) is 1. The predicted octanol–water partition coefficient (Wildman–Crippen LogP) is 3.99. The van der Waals surface area contributed by atoms with Crippen LogP contribution in [0.15, 0.2) is 54.6 Å². The van der Waals surface area contributed by atoms with E-state index in [1.807, 2.05) is 48.5 Å². The van der Waals surface area contributed by atoms with Crippen molar-refractivity contribution in [2.24, 2.45) is 0 Å². The zero-order valence-corrected chi connectivity index (χ0v) is 16.5. The third-order valence-electron chi connectivity index (χ3n) is 4.03. The van der Waals surface area contributed by atoms with Crippen LogP contribution in [0.25, 0.3) is 6.08 Å². The van der Waals surface area contributed by atoms with Crippen LogP contribution in [0.2, 0.25) is 0 Å². The van der Waals surface area contributed by atoms with Crippen LogP contribution in [-0.4, -0.2) is 30.3 Å². The largest absolute Gasteiger partial charge is 0.497 e. The maximum Gasteiger partial charge on any atom is 0.250 e. The second-order valence-electron chi connectivity index (χ2n) is 5.94. The lowest BCUT2D eigenvalue weighted by atomic mass is 10.1. The van der Waals surface area contributed by atoms with E-state index in [0.29, 0.717) is 5.13 Å². The molecule has 0 radical (unpaired) electrons. The van der Waals surface area contributed by atoms with E-state index < -0.39 is 0 Å². The summed E-state index contributed by atoms with van der Waals surface area (Å²) in [6.45, 7) is 0. The van der Waals surface area contributed by atoms with Crippen LogP contribution in [0, 0.1) is 0 Å². The summed E-state index contributed by atoms with van der Waals surface area (Å²) in [6, 6.07) is 15.4. The Morgan fingerprint density at radius 3 is 2.25 bits per heavy atom. The highest BCUT2D eigenvalue weighted by Gasteiger charge is 2.07. The number of carbonyl (C=O) groups excluding carboxylic acids is 1. The molecular weight excluding hydrogens is 374 g/mol. The molecule has 0 saturated heterocycles. The molecule has 0 aliphatic carbocycles. The van der Waals surface area contributed by atoms with Crippen molar-refractivity contribution in [2.45, 2.75) is 12.8 Å². The number of hydrogen-bond donors (Lipinski definition) is 1. The molecule has 0 bridgehead atoms. The summed E-state index contributed by atoms with van der Waals surface area (Å²) >= 11 is 1.39. The van der Waals surface area contributed by atoms with Crippen molar-refractivity contribution in [2.75, 3.05) is 19.5 Å². The fourth-order valence-electron chi connectivity index (χ4n) is 2.48. The number of methoxy groups -OCH3 is 2. The minimum atomic E-state index is -0.242. The first-order chi connectivity index (χ1) is 13.7. The van der Waals surface area contributed by atoms with Gasteiger partial charge in [0.15, 0.2) is 0 Å². The lowest BCUT2D eigenvalue weighted by Crippen LogP contribution is -2.07. The summed E-state index contributed by atoms with van der Waals surface area (Å²) in [4.78, 5) is 12.1. The zero-order chi connectivity index (χ0) is 19.8. The maximum atomic E-state index is 12.1. The molecular formula is C21H21N3O3S. The van der Waals surface area contributed by atoms with Crippen molar-refractivity contribution >= 4 is 28.5 Å². The Morgan fingerprint density at radius 1 is 0.964 bits per heavy atom. The van der Waals surface area contributed by atoms with Crippen LogP contribution in [0.5, 0.6) is 11.5 Å². The van der Waals surface area contributed by atoms with Gasteiger partial charge in [-0.1, -0.05) is 35.6 Å². The maximum absolute atomic E-state index is 12.1. The predicted molar refractivity (Wildman–Crippen MR) is 111 cm³/mol. The lowest BCUT2D eigenvalue weighted by molar-refractivity contribution is -0.111. The summed E-state index contributed by atoms with van der Waals surface area (Å²) in [5.74, 6) is 1.37. The van der Waals surface area contributed by atoms with Gasteiger partial charge in [0.1, 0.15) is 16.5 Å². The van der Waals surface area contributed by atoms with Gasteiger partial charge in [0.2, 0.25) is 11.0 Å². The van der Waals surface area contributed by atoms with E-state index >= 15 is 0 Å². The number of anilines is 1. The number of aromatic nitrogens is 2. The fraction of sp³-hybridized carbons (Fsp3) is 0.190. The first-order valence-electron chi connectivity index (χ1n) is 8.74. The van der Waals surface area contributed by atoms with Gasteiger partial charge in [-0.3, -0.25) is 10.1 Å². The highest BCUT2D eigenvalue weighted by Crippen LogP contribution is 2.19.